The van der Waals surface area contributed by atoms with Crippen molar-refractivity contribution in [1.82, 2.24) is 15.3 Å². The van der Waals surface area contributed by atoms with Crippen molar-refractivity contribution in [3.8, 4) is 0 Å². The molecule has 7 nitrogen and oxygen atoms in total. The molecule has 0 radical (unpaired) electrons. The van der Waals surface area contributed by atoms with Crippen molar-refractivity contribution in [1.29, 1.82) is 0 Å². The van der Waals surface area contributed by atoms with Gasteiger partial charge in [-0.05, 0) is 12.8 Å². The Hall–Kier alpha value is -1.70. The number of nitrogens with one attached hydrogen (secondary N) is 2. The molecule has 1 heterocycles. The molecule has 1 aromatic heterocycles. The number of nitrogens with two attached hydrogens (primary N) is 2. The Morgan fingerprint density at radius 1 is 1.23 bits per heavy atom. The summed E-state index contributed by atoms with van der Waals surface area (Å²) in [5.41, 5.74) is 10.4. The largest absolute Gasteiger partial charge is 0.391 e. The average molecular weight is 325 g/mol. The van der Waals surface area contributed by atoms with Crippen LogP contribution in [-0.4, -0.2) is 27.7 Å². The van der Waals surface area contributed by atoms with Crippen LogP contribution in [-0.2, 0) is 4.79 Å². The van der Waals surface area contributed by atoms with E-state index in [9.17, 15) is 9.59 Å². The Kier molecular flexibility index (Phi) is 6.11. The number of hydrogen-bond acceptors (Lipinski definition) is 6. The topological polar surface area (TPSA) is 127 Å². The smallest absolute Gasteiger partial charge is 0.276 e. The molecule has 22 heavy (non-hydrogen) atoms. The number of aromatic nitrogens is 2. The second-order valence-corrected chi connectivity index (χ2v) is 6.53. The van der Waals surface area contributed by atoms with Crippen molar-refractivity contribution in [2.24, 2.45) is 0 Å². The van der Waals surface area contributed by atoms with E-state index in [1.165, 1.54) is 32.1 Å². The molecule has 1 fully saturated rings. The normalized spacial score (nSPS) is 16.7. The number of nitrogens with zero attached hydrogens (tertiary/aromatic N) is 1. The minimum atomic E-state index is -0.476. The summed E-state index contributed by atoms with van der Waals surface area (Å²) < 4.78 is 0. The summed E-state index contributed by atoms with van der Waals surface area (Å²) in [7, 11) is 0. The Balaban J connectivity index is 1.83. The Morgan fingerprint density at radius 2 is 1.86 bits per heavy atom. The summed E-state index contributed by atoms with van der Waals surface area (Å²) in [6.07, 6.45) is 8.21. The molecule has 1 amide bonds. The zero-order valence-corrected chi connectivity index (χ0v) is 13.4. The van der Waals surface area contributed by atoms with Crippen molar-refractivity contribution < 1.29 is 4.79 Å². The number of H-pyrrole nitrogens is 1. The Labute approximate surface area is 133 Å². The average Bonchev–Trinajstić information content (AvgIpc) is 2.45. The summed E-state index contributed by atoms with van der Waals surface area (Å²) in [5.74, 6) is 0.142. The van der Waals surface area contributed by atoms with Crippen molar-refractivity contribution in [3.63, 3.8) is 0 Å². The fourth-order valence-corrected chi connectivity index (χ4v) is 3.23. The number of nitrogen functional groups attached to an aromatic ring is 2. The molecule has 0 aliphatic heterocycles. The summed E-state index contributed by atoms with van der Waals surface area (Å²) in [4.78, 5) is 30.0. The highest BCUT2D eigenvalue weighted by Gasteiger charge is 2.15. The van der Waals surface area contributed by atoms with E-state index in [1.807, 2.05) is 0 Å². The van der Waals surface area contributed by atoms with E-state index in [2.05, 4.69) is 15.3 Å². The Morgan fingerprint density at radius 3 is 2.50 bits per heavy atom. The van der Waals surface area contributed by atoms with Gasteiger partial charge in [-0.1, -0.05) is 43.9 Å². The van der Waals surface area contributed by atoms with Crippen molar-refractivity contribution >= 4 is 29.2 Å². The van der Waals surface area contributed by atoms with E-state index in [-0.39, 0.29) is 29.2 Å². The highest BCUT2D eigenvalue weighted by atomic mass is 32.2. The molecule has 1 aromatic rings. The molecular weight excluding hydrogens is 302 g/mol. The lowest BCUT2D eigenvalue weighted by Crippen LogP contribution is -2.36. The maximum absolute atomic E-state index is 12.0. The molecule has 1 aliphatic rings. The first-order valence-corrected chi connectivity index (χ1v) is 8.62. The van der Waals surface area contributed by atoms with Gasteiger partial charge in [-0.15, -0.1) is 0 Å². The molecule has 0 spiro atoms. The summed E-state index contributed by atoms with van der Waals surface area (Å²) in [6.45, 7) is 0. The van der Waals surface area contributed by atoms with Gasteiger partial charge in [0.05, 0.1) is 5.75 Å². The predicted molar refractivity (Wildman–Crippen MR) is 88.7 cm³/mol. The molecule has 6 N–H and O–H groups in total. The zero-order valence-electron chi connectivity index (χ0n) is 12.6. The number of rotatable bonds is 4. The number of carbonyl (C=O) groups excluding carboxylic acids is 1. The molecule has 1 saturated carbocycles. The second kappa shape index (κ2) is 8.07. The fourth-order valence-electron chi connectivity index (χ4n) is 2.55. The standard InChI is InChI=1S/C14H23N5O2S/c15-11-12(16)18-14(19-13(11)21)22-8-10(20)17-9-6-4-2-1-3-5-7-9/h9H,1-8,15H2,(H,17,20)(H3,16,18,19,21). The lowest BCUT2D eigenvalue weighted by atomic mass is 9.97. The number of aromatic amines is 1. The van der Waals surface area contributed by atoms with Gasteiger partial charge in [-0.2, -0.15) is 0 Å². The van der Waals surface area contributed by atoms with Gasteiger partial charge < -0.3 is 16.8 Å². The van der Waals surface area contributed by atoms with Crippen LogP contribution >= 0.6 is 11.8 Å². The molecule has 0 bridgehead atoms. The summed E-state index contributed by atoms with van der Waals surface area (Å²) >= 11 is 1.15. The molecule has 0 saturated heterocycles. The molecule has 0 atom stereocenters. The third-order valence-corrected chi connectivity index (χ3v) is 4.65. The first-order valence-electron chi connectivity index (χ1n) is 7.63. The minimum Gasteiger partial charge on any atom is -0.391 e. The maximum atomic E-state index is 12.0. The van der Waals surface area contributed by atoms with E-state index in [0.717, 1.165) is 24.6 Å². The van der Waals surface area contributed by atoms with Crippen LogP contribution < -0.4 is 22.3 Å². The van der Waals surface area contributed by atoms with Gasteiger partial charge in [0.2, 0.25) is 5.91 Å². The van der Waals surface area contributed by atoms with E-state index in [1.54, 1.807) is 0 Å². The second-order valence-electron chi connectivity index (χ2n) is 5.57. The van der Waals surface area contributed by atoms with Crippen molar-refractivity contribution in [2.45, 2.75) is 56.1 Å². The number of thioether (sulfide) groups is 1. The van der Waals surface area contributed by atoms with Crippen LogP contribution in [0, 0.1) is 0 Å². The summed E-state index contributed by atoms with van der Waals surface area (Å²) in [6, 6.07) is 0.261. The molecule has 0 aromatic carbocycles. The van der Waals surface area contributed by atoms with Crippen LogP contribution in [0.1, 0.15) is 44.9 Å². The molecule has 0 unspecified atom stereocenters. The molecule has 1 aliphatic carbocycles. The molecular formula is C14H23N5O2S. The number of hydrogen-bond donors (Lipinski definition) is 4. The third-order valence-electron chi connectivity index (χ3n) is 3.77. The number of anilines is 2. The van der Waals surface area contributed by atoms with Gasteiger partial charge in [0.1, 0.15) is 5.69 Å². The lowest BCUT2D eigenvalue weighted by molar-refractivity contribution is -0.119. The van der Waals surface area contributed by atoms with Crippen LogP contribution in [0.15, 0.2) is 9.95 Å². The van der Waals surface area contributed by atoms with Crippen LogP contribution in [0.5, 0.6) is 0 Å². The van der Waals surface area contributed by atoms with Crippen LogP contribution in [0.25, 0.3) is 0 Å². The number of amides is 1. The van der Waals surface area contributed by atoms with E-state index in [0.29, 0.717) is 5.16 Å². The van der Waals surface area contributed by atoms with Gasteiger partial charge in [0, 0.05) is 6.04 Å². The maximum Gasteiger partial charge on any atom is 0.276 e. The lowest BCUT2D eigenvalue weighted by Gasteiger charge is -2.20. The van der Waals surface area contributed by atoms with E-state index >= 15 is 0 Å². The minimum absolute atomic E-state index is 0.00771. The highest BCUT2D eigenvalue weighted by molar-refractivity contribution is 7.99. The van der Waals surface area contributed by atoms with Gasteiger partial charge in [-0.25, -0.2) is 4.98 Å². The SMILES string of the molecule is Nc1nc(SCC(=O)NC2CCCCCCC2)[nH]c(=O)c1N. The van der Waals surface area contributed by atoms with Gasteiger partial charge in [0.15, 0.2) is 11.0 Å². The third kappa shape index (κ3) is 4.94. The fraction of sp³-hybridized carbons (Fsp3) is 0.643. The quantitative estimate of drug-likeness (QED) is 0.487. The van der Waals surface area contributed by atoms with Crippen LogP contribution in [0.4, 0.5) is 11.5 Å². The van der Waals surface area contributed by atoms with E-state index < -0.39 is 5.56 Å². The molecule has 8 heteroatoms. The molecule has 2 rings (SSSR count). The van der Waals surface area contributed by atoms with Crippen molar-refractivity contribution in [2.75, 3.05) is 17.2 Å². The van der Waals surface area contributed by atoms with Crippen molar-refractivity contribution in [3.05, 3.63) is 10.4 Å². The van der Waals surface area contributed by atoms with Crippen LogP contribution in [0.2, 0.25) is 0 Å². The predicted octanol–water partition coefficient (Wildman–Crippen LogP) is 1.26. The Bertz CT molecular complexity index is 567. The van der Waals surface area contributed by atoms with Gasteiger partial charge in [-0.3, -0.25) is 14.6 Å². The monoisotopic (exact) mass is 325 g/mol. The van der Waals surface area contributed by atoms with Gasteiger partial charge >= 0.3 is 0 Å². The highest BCUT2D eigenvalue weighted by Crippen LogP contribution is 2.18. The molecule has 122 valence electrons. The van der Waals surface area contributed by atoms with E-state index in [4.69, 9.17) is 11.5 Å². The summed E-state index contributed by atoms with van der Waals surface area (Å²) in [5, 5.41) is 3.37. The number of carbonyl (C=O) groups is 1. The van der Waals surface area contributed by atoms with Crippen LogP contribution in [0.3, 0.4) is 0 Å². The van der Waals surface area contributed by atoms with Gasteiger partial charge in [0.25, 0.3) is 5.56 Å². The first-order chi connectivity index (χ1) is 10.6. The first kappa shape index (κ1) is 16.7. The zero-order chi connectivity index (χ0) is 15.9.